The molecule has 4 nitrogen and oxygen atoms in total. The Balaban J connectivity index is 2.45. The quantitative estimate of drug-likeness (QED) is 0.844. The molecular weight excluding hydrogens is 230 g/mol. The number of alkyl halides is 2. The number of nitrogens with zero attached hydrogens (tertiary/aromatic N) is 1. The van der Waals surface area contributed by atoms with Crippen LogP contribution in [0.25, 0.3) is 0 Å². The summed E-state index contributed by atoms with van der Waals surface area (Å²) in [6, 6.07) is 8.25. The number of hydrogen-bond donors (Lipinski definition) is 1. The van der Waals surface area contributed by atoms with Crippen LogP contribution in [0.3, 0.4) is 0 Å². The molecule has 0 aliphatic rings. The molecule has 90 valence electrons. The maximum atomic E-state index is 11.8. The Kier molecular flexibility index (Phi) is 4.88. The van der Waals surface area contributed by atoms with E-state index in [0.29, 0.717) is 0 Å². The van der Waals surface area contributed by atoms with Crippen molar-refractivity contribution in [1.29, 1.82) is 5.26 Å². The number of hydrogen-bond acceptors (Lipinski definition) is 3. The van der Waals surface area contributed by atoms with E-state index in [1.165, 1.54) is 12.1 Å². The van der Waals surface area contributed by atoms with Gasteiger partial charge in [-0.3, -0.25) is 4.79 Å². The van der Waals surface area contributed by atoms with E-state index in [1.54, 1.807) is 12.1 Å². The molecule has 17 heavy (non-hydrogen) atoms. The maximum Gasteiger partial charge on any atom is 0.258 e. The van der Waals surface area contributed by atoms with Crippen molar-refractivity contribution < 1.29 is 18.3 Å². The standard InChI is InChI=1S/C11H10F2N2O2/c12-10(13)6-15-11(16)7-17-9-4-2-1-3-8(9)5-14/h1-4,10H,6-7H2,(H,15,16). The van der Waals surface area contributed by atoms with Gasteiger partial charge in [0.05, 0.1) is 12.1 Å². The molecule has 0 bridgehead atoms. The predicted octanol–water partition coefficient (Wildman–Crippen LogP) is 1.32. The highest BCUT2D eigenvalue weighted by Gasteiger charge is 2.08. The van der Waals surface area contributed by atoms with Gasteiger partial charge in [0, 0.05) is 0 Å². The first-order valence-corrected chi connectivity index (χ1v) is 4.80. The van der Waals surface area contributed by atoms with Gasteiger partial charge in [0.15, 0.2) is 6.61 Å². The number of benzene rings is 1. The van der Waals surface area contributed by atoms with E-state index in [9.17, 15) is 13.6 Å². The molecule has 0 radical (unpaired) electrons. The molecule has 0 aliphatic heterocycles. The first kappa shape index (κ1) is 12.9. The first-order chi connectivity index (χ1) is 8.13. The first-order valence-electron chi connectivity index (χ1n) is 4.80. The van der Waals surface area contributed by atoms with Crippen LogP contribution in [-0.2, 0) is 4.79 Å². The van der Waals surface area contributed by atoms with Gasteiger partial charge in [0.1, 0.15) is 11.8 Å². The van der Waals surface area contributed by atoms with Crippen LogP contribution in [0, 0.1) is 11.3 Å². The topological polar surface area (TPSA) is 62.1 Å². The van der Waals surface area contributed by atoms with Crippen molar-refractivity contribution in [1.82, 2.24) is 5.32 Å². The molecule has 0 saturated heterocycles. The molecule has 1 aromatic carbocycles. The molecular formula is C11H10F2N2O2. The number of para-hydroxylation sites is 1. The zero-order valence-corrected chi connectivity index (χ0v) is 8.82. The van der Waals surface area contributed by atoms with Crippen LogP contribution in [0.5, 0.6) is 5.75 Å². The highest BCUT2D eigenvalue weighted by molar-refractivity contribution is 5.77. The summed E-state index contributed by atoms with van der Waals surface area (Å²) >= 11 is 0. The van der Waals surface area contributed by atoms with Crippen molar-refractivity contribution in [2.75, 3.05) is 13.2 Å². The Hall–Kier alpha value is -2.16. The van der Waals surface area contributed by atoms with Gasteiger partial charge >= 0.3 is 0 Å². The number of carbonyl (C=O) groups is 1. The van der Waals surface area contributed by atoms with E-state index in [-0.39, 0.29) is 11.3 Å². The number of ether oxygens (including phenoxy) is 1. The highest BCUT2D eigenvalue weighted by atomic mass is 19.3. The van der Waals surface area contributed by atoms with Crippen molar-refractivity contribution in [2.45, 2.75) is 6.43 Å². The van der Waals surface area contributed by atoms with E-state index in [1.807, 2.05) is 11.4 Å². The minimum atomic E-state index is -2.59. The second-order valence-corrected chi connectivity index (χ2v) is 3.09. The van der Waals surface area contributed by atoms with Crippen molar-refractivity contribution in [3.8, 4) is 11.8 Å². The van der Waals surface area contributed by atoms with Gasteiger partial charge < -0.3 is 10.1 Å². The molecule has 1 rings (SSSR count). The summed E-state index contributed by atoms with van der Waals surface area (Å²) in [5.74, 6) is -0.403. The summed E-state index contributed by atoms with van der Waals surface area (Å²) < 4.78 is 28.6. The fourth-order valence-corrected chi connectivity index (χ4v) is 1.07. The lowest BCUT2D eigenvalue weighted by Gasteiger charge is -2.07. The van der Waals surface area contributed by atoms with E-state index in [0.717, 1.165) is 0 Å². The predicted molar refractivity (Wildman–Crippen MR) is 55.7 cm³/mol. The van der Waals surface area contributed by atoms with Crippen LogP contribution in [-0.4, -0.2) is 25.5 Å². The number of nitriles is 1. The molecule has 0 atom stereocenters. The third-order valence-corrected chi connectivity index (χ3v) is 1.82. The van der Waals surface area contributed by atoms with Gasteiger partial charge in [0.2, 0.25) is 0 Å². The SMILES string of the molecule is N#Cc1ccccc1OCC(=O)NCC(F)F. The van der Waals surface area contributed by atoms with Crippen molar-refractivity contribution >= 4 is 5.91 Å². The van der Waals surface area contributed by atoms with Gasteiger partial charge in [-0.05, 0) is 12.1 Å². The molecule has 0 unspecified atom stereocenters. The second kappa shape index (κ2) is 6.43. The summed E-state index contributed by atoms with van der Waals surface area (Å²) in [7, 11) is 0. The molecule has 0 aliphatic carbocycles. The van der Waals surface area contributed by atoms with E-state index < -0.39 is 25.5 Å². The summed E-state index contributed by atoms with van der Waals surface area (Å²) in [6.07, 6.45) is -2.59. The van der Waals surface area contributed by atoms with Gasteiger partial charge in [-0.25, -0.2) is 8.78 Å². The monoisotopic (exact) mass is 240 g/mol. The summed E-state index contributed by atoms with van der Waals surface area (Å²) in [4.78, 5) is 11.1. The Labute approximate surface area is 96.8 Å². The van der Waals surface area contributed by atoms with Crippen LogP contribution in [0.4, 0.5) is 8.78 Å². The third kappa shape index (κ3) is 4.47. The Morgan fingerprint density at radius 2 is 2.18 bits per heavy atom. The van der Waals surface area contributed by atoms with Crippen LogP contribution in [0.15, 0.2) is 24.3 Å². The van der Waals surface area contributed by atoms with Crippen molar-refractivity contribution in [3.63, 3.8) is 0 Å². The molecule has 1 aromatic rings. The second-order valence-electron chi connectivity index (χ2n) is 3.09. The number of amides is 1. The molecule has 6 heteroatoms. The van der Waals surface area contributed by atoms with Crippen LogP contribution >= 0.6 is 0 Å². The van der Waals surface area contributed by atoms with Gasteiger partial charge in [-0.15, -0.1) is 0 Å². The lowest BCUT2D eigenvalue weighted by molar-refractivity contribution is -0.123. The zero-order chi connectivity index (χ0) is 12.7. The van der Waals surface area contributed by atoms with Crippen molar-refractivity contribution in [3.05, 3.63) is 29.8 Å². The molecule has 1 amide bonds. The molecule has 1 N–H and O–H groups in total. The Morgan fingerprint density at radius 3 is 2.82 bits per heavy atom. The number of halogens is 2. The number of rotatable bonds is 5. The zero-order valence-electron chi connectivity index (χ0n) is 8.82. The maximum absolute atomic E-state index is 11.8. The summed E-state index contributed by atoms with van der Waals surface area (Å²) in [5.41, 5.74) is 0.286. The Morgan fingerprint density at radius 1 is 1.47 bits per heavy atom. The molecule has 0 aromatic heterocycles. The van der Waals surface area contributed by atoms with Crippen LogP contribution in [0.2, 0.25) is 0 Å². The average Bonchev–Trinajstić information content (AvgIpc) is 2.34. The Bertz CT molecular complexity index is 430. The molecule has 0 saturated carbocycles. The van der Waals surface area contributed by atoms with Crippen molar-refractivity contribution in [2.24, 2.45) is 0 Å². The van der Waals surface area contributed by atoms with E-state index >= 15 is 0 Å². The van der Waals surface area contributed by atoms with E-state index in [2.05, 4.69) is 0 Å². The minimum Gasteiger partial charge on any atom is -0.482 e. The smallest absolute Gasteiger partial charge is 0.258 e. The highest BCUT2D eigenvalue weighted by Crippen LogP contribution is 2.15. The summed E-state index contributed by atoms with van der Waals surface area (Å²) in [5, 5.41) is 10.7. The lowest BCUT2D eigenvalue weighted by atomic mass is 10.2. The molecule has 0 heterocycles. The minimum absolute atomic E-state index is 0.252. The third-order valence-electron chi connectivity index (χ3n) is 1.82. The fourth-order valence-electron chi connectivity index (χ4n) is 1.07. The van der Waals surface area contributed by atoms with E-state index in [4.69, 9.17) is 10.00 Å². The normalized spacial score (nSPS) is 9.76. The lowest BCUT2D eigenvalue weighted by Crippen LogP contribution is -2.32. The summed E-state index contributed by atoms with van der Waals surface area (Å²) in [6.45, 7) is -1.10. The van der Waals surface area contributed by atoms with Gasteiger partial charge in [0.25, 0.3) is 12.3 Å². The molecule has 0 fully saturated rings. The largest absolute Gasteiger partial charge is 0.482 e. The fraction of sp³-hybridized carbons (Fsp3) is 0.273. The number of carbonyl (C=O) groups excluding carboxylic acids is 1. The number of nitrogens with one attached hydrogen (secondary N) is 1. The van der Waals surface area contributed by atoms with Crippen LogP contribution in [0.1, 0.15) is 5.56 Å². The molecule has 0 spiro atoms. The van der Waals surface area contributed by atoms with Gasteiger partial charge in [-0.1, -0.05) is 12.1 Å². The average molecular weight is 240 g/mol. The van der Waals surface area contributed by atoms with Crippen LogP contribution < -0.4 is 10.1 Å². The van der Waals surface area contributed by atoms with Gasteiger partial charge in [-0.2, -0.15) is 5.26 Å².